The van der Waals surface area contributed by atoms with Crippen LogP contribution in [0.4, 0.5) is 18.9 Å². The van der Waals surface area contributed by atoms with E-state index in [0.29, 0.717) is 12.3 Å². The minimum Gasteiger partial charge on any atom is -0.506 e. The summed E-state index contributed by atoms with van der Waals surface area (Å²) in [6.07, 6.45) is -4.41. The van der Waals surface area contributed by atoms with Gasteiger partial charge in [0.15, 0.2) is 0 Å². The summed E-state index contributed by atoms with van der Waals surface area (Å²) in [6, 6.07) is 0.399. The predicted octanol–water partition coefficient (Wildman–Crippen LogP) is 1.71. The van der Waals surface area contributed by atoms with Crippen LogP contribution in [0.1, 0.15) is 5.69 Å². The van der Waals surface area contributed by atoms with Gasteiger partial charge in [0.2, 0.25) is 5.69 Å². The van der Waals surface area contributed by atoms with Crippen LogP contribution in [0.25, 0.3) is 0 Å². The highest BCUT2D eigenvalue weighted by Gasteiger charge is 2.40. The van der Waals surface area contributed by atoms with Gasteiger partial charge in [-0.3, -0.25) is 10.1 Å². The number of nitrogens with zero attached hydrogens (tertiary/aromatic N) is 2. The van der Waals surface area contributed by atoms with Gasteiger partial charge in [0.1, 0.15) is 5.75 Å². The Kier molecular flexibility index (Phi) is 2.28. The van der Waals surface area contributed by atoms with Crippen LogP contribution in [0, 0.1) is 10.1 Å². The molecule has 0 aliphatic rings. The Balaban J connectivity index is 3.37. The van der Waals surface area contributed by atoms with Crippen molar-refractivity contribution in [3.05, 3.63) is 28.1 Å². The molecule has 14 heavy (non-hydrogen) atoms. The molecule has 0 aliphatic heterocycles. The second-order valence-corrected chi connectivity index (χ2v) is 2.32. The Morgan fingerprint density at radius 1 is 1.50 bits per heavy atom. The fourth-order valence-corrected chi connectivity index (χ4v) is 0.800. The van der Waals surface area contributed by atoms with E-state index < -0.39 is 28.2 Å². The first-order valence-electron chi connectivity index (χ1n) is 3.23. The molecule has 0 atom stereocenters. The summed E-state index contributed by atoms with van der Waals surface area (Å²) in [7, 11) is 0. The SMILES string of the molecule is O=[N+]([O-])c1cc(O)cnc1C(F)(F)F. The maximum atomic E-state index is 12.1. The molecule has 0 saturated heterocycles. The lowest BCUT2D eigenvalue weighted by Crippen LogP contribution is -2.11. The van der Waals surface area contributed by atoms with Gasteiger partial charge in [0.05, 0.1) is 17.2 Å². The molecule has 0 bridgehead atoms. The van der Waals surface area contributed by atoms with Crippen LogP contribution in [-0.4, -0.2) is 15.0 Å². The van der Waals surface area contributed by atoms with Crippen LogP contribution in [0.2, 0.25) is 0 Å². The molecular weight excluding hydrogens is 205 g/mol. The Hall–Kier alpha value is -1.86. The molecule has 0 fully saturated rings. The minimum atomic E-state index is -4.91. The number of hydrogen-bond acceptors (Lipinski definition) is 4. The molecule has 0 saturated carbocycles. The molecule has 0 spiro atoms. The van der Waals surface area contributed by atoms with Gasteiger partial charge in [0, 0.05) is 0 Å². The quantitative estimate of drug-likeness (QED) is 0.563. The summed E-state index contributed by atoms with van der Waals surface area (Å²) >= 11 is 0. The van der Waals surface area contributed by atoms with Crippen molar-refractivity contribution in [2.75, 3.05) is 0 Å². The average Bonchev–Trinajstić information content (AvgIpc) is 2.01. The monoisotopic (exact) mass is 208 g/mol. The highest BCUT2D eigenvalue weighted by molar-refractivity contribution is 5.41. The number of hydrogen-bond donors (Lipinski definition) is 1. The van der Waals surface area contributed by atoms with Gasteiger partial charge < -0.3 is 5.11 Å². The molecule has 1 N–H and O–H groups in total. The van der Waals surface area contributed by atoms with Crippen molar-refractivity contribution in [2.45, 2.75) is 6.18 Å². The molecule has 0 unspecified atom stereocenters. The van der Waals surface area contributed by atoms with E-state index in [0.717, 1.165) is 0 Å². The van der Waals surface area contributed by atoms with E-state index >= 15 is 0 Å². The summed E-state index contributed by atoms with van der Waals surface area (Å²) in [5.41, 5.74) is -2.89. The summed E-state index contributed by atoms with van der Waals surface area (Å²) < 4.78 is 36.3. The number of nitro groups is 1. The fraction of sp³-hybridized carbons (Fsp3) is 0.167. The van der Waals surface area contributed by atoms with Gasteiger partial charge in [-0.1, -0.05) is 0 Å². The van der Waals surface area contributed by atoms with E-state index in [1.807, 2.05) is 0 Å². The summed E-state index contributed by atoms with van der Waals surface area (Å²) in [5, 5.41) is 18.9. The van der Waals surface area contributed by atoms with E-state index in [4.69, 9.17) is 5.11 Å². The van der Waals surface area contributed by atoms with E-state index in [1.54, 1.807) is 0 Å². The van der Waals surface area contributed by atoms with Gasteiger partial charge >= 0.3 is 11.9 Å². The topological polar surface area (TPSA) is 76.3 Å². The molecule has 0 aliphatic carbocycles. The maximum absolute atomic E-state index is 12.1. The zero-order valence-electron chi connectivity index (χ0n) is 6.45. The second-order valence-electron chi connectivity index (χ2n) is 2.32. The van der Waals surface area contributed by atoms with Crippen LogP contribution in [0.5, 0.6) is 5.75 Å². The molecule has 0 amide bonds. The number of aromatic hydroxyl groups is 1. The van der Waals surface area contributed by atoms with E-state index in [9.17, 15) is 23.3 Å². The third kappa shape index (κ3) is 1.90. The molecule has 1 aromatic rings. The van der Waals surface area contributed by atoms with Crippen molar-refractivity contribution in [2.24, 2.45) is 0 Å². The first-order valence-corrected chi connectivity index (χ1v) is 3.23. The average molecular weight is 208 g/mol. The zero-order valence-corrected chi connectivity index (χ0v) is 6.45. The van der Waals surface area contributed by atoms with Crippen molar-refractivity contribution in [3.8, 4) is 5.75 Å². The van der Waals surface area contributed by atoms with Crippen LogP contribution in [-0.2, 0) is 6.18 Å². The highest BCUT2D eigenvalue weighted by atomic mass is 19.4. The molecule has 8 heteroatoms. The van der Waals surface area contributed by atoms with Gasteiger partial charge in [-0.15, -0.1) is 0 Å². The molecular formula is C6H3F3N2O3. The smallest absolute Gasteiger partial charge is 0.440 e. The van der Waals surface area contributed by atoms with Gasteiger partial charge in [-0.25, -0.2) is 4.98 Å². The number of halogens is 3. The standard InChI is InChI=1S/C6H3F3N2O3/c7-6(8,9)5-4(11(13)14)1-3(12)2-10-5/h1-2,12H. The van der Waals surface area contributed by atoms with Crippen molar-refractivity contribution in [3.63, 3.8) is 0 Å². The van der Waals surface area contributed by atoms with Crippen LogP contribution >= 0.6 is 0 Å². The lowest BCUT2D eigenvalue weighted by molar-refractivity contribution is -0.388. The van der Waals surface area contributed by atoms with E-state index in [1.165, 1.54) is 0 Å². The third-order valence-electron chi connectivity index (χ3n) is 1.32. The minimum absolute atomic E-state index is 0.399. The number of pyridine rings is 1. The highest BCUT2D eigenvalue weighted by Crippen LogP contribution is 2.35. The zero-order chi connectivity index (χ0) is 10.9. The van der Waals surface area contributed by atoms with Gasteiger partial charge in [-0.2, -0.15) is 13.2 Å². The number of rotatable bonds is 1. The summed E-state index contributed by atoms with van der Waals surface area (Å²) in [4.78, 5) is 11.7. The van der Waals surface area contributed by atoms with Gasteiger partial charge in [0.25, 0.3) is 0 Å². The Morgan fingerprint density at radius 3 is 2.50 bits per heavy atom. The normalized spacial score (nSPS) is 11.4. The number of alkyl halides is 3. The van der Waals surface area contributed by atoms with Crippen molar-refractivity contribution in [1.82, 2.24) is 4.98 Å². The summed E-state index contributed by atoms with van der Waals surface area (Å²) in [5.74, 6) is -0.690. The Labute approximate surface area is 75.0 Å². The lowest BCUT2D eigenvalue weighted by atomic mass is 10.3. The van der Waals surface area contributed by atoms with Crippen LogP contribution < -0.4 is 0 Å². The fourth-order valence-electron chi connectivity index (χ4n) is 0.800. The first-order chi connectivity index (χ1) is 6.32. The molecule has 76 valence electrons. The van der Waals surface area contributed by atoms with Crippen molar-refractivity contribution < 1.29 is 23.2 Å². The first kappa shape index (κ1) is 10.2. The molecule has 1 rings (SSSR count). The molecule has 1 aromatic heterocycles. The molecule has 5 nitrogen and oxygen atoms in total. The van der Waals surface area contributed by atoms with E-state index in [-0.39, 0.29) is 0 Å². The van der Waals surface area contributed by atoms with Crippen molar-refractivity contribution in [1.29, 1.82) is 0 Å². The van der Waals surface area contributed by atoms with Crippen molar-refractivity contribution >= 4 is 5.69 Å². The largest absolute Gasteiger partial charge is 0.506 e. The Bertz CT molecular complexity index is 377. The van der Waals surface area contributed by atoms with Crippen LogP contribution in [0.15, 0.2) is 12.3 Å². The predicted molar refractivity (Wildman–Crippen MR) is 37.6 cm³/mol. The molecule has 0 aromatic carbocycles. The number of aromatic nitrogens is 1. The van der Waals surface area contributed by atoms with E-state index in [2.05, 4.69) is 4.98 Å². The summed E-state index contributed by atoms with van der Waals surface area (Å²) in [6.45, 7) is 0. The lowest BCUT2D eigenvalue weighted by Gasteiger charge is -2.05. The maximum Gasteiger partial charge on any atom is 0.440 e. The second kappa shape index (κ2) is 3.13. The van der Waals surface area contributed by atoms with Crippen LogP contribution in [0.3, 0.4) is 0 Å². The molecule has 0 radical (unpaired) electrons. The molecule has 1 heterocycles. The Morgan fingerprint density at radius 2 is 2.07 bits per heavy atom. The third-order valence-corrected chi connectivity index (χ3v) is 1.32. The van der Waals surface area contributed by atoms with Gasteiger partial charge in [-0.05, 0) is 0 Å².